The van der Waals surface area contributed by atoms with Crippen molar-refractivity contribution in [1.82, 2.24) is 15.0 Å². The molecule has 0 radical (unpaired) electrons. The summed E-state index contributed by atoms with van der Waals surface area (Å²) < 4.78 is 0. The molecule has 0 unspecified atom stereocenters. The van der Waals surface area contributed by atoms with E-state index in [1.165, 1.54) is 6.08 Å². The zero-order valence-corrected chi connectivity index (χ0v) is 12.0. The number of benzene rings is 1. The second kappa shape index (κ2) is 5.41. The van der Waals surface area contributed by atoms with E-state index in [0.29, 0.717) is 0 Å². The van der Waals surface area contributed by atoms with Crippen LogP contribution in [-0.2, 0) is 0 Å². The molecule has 8 heteroatoms. The van der Waals surface area contributed by atoms with Crippen molar-refractivity contribution in [3.05, 3.63) is 72.2 Å². The van der Waals surface area contributed by atoms with Gasteiger partial charge in [0.15, 0.2) is 0 Å². The molecule has 0 aliphatic heterocycles. The van der Waals surface area contributed by atoms with E-state index >= 15 is 0 Å². The van der Waals surface area contributed by atoms with Gasteiger partial charge in [0.2, 0.25) is 0 Å². The SMILES string of the molecule is Cc1[nH]c2ccccc2c1/C=C/c1[nH]c(=O)[nH]c(=O)c1[N+](=O)[O-]. The van der Waals surface area contributed by atoms with Crippen molar-refractivity contribution in [2.24, 2.45) is 0 Å². The van der Waals surface area contributed by atoms with Crippen molar-refractivity contribution >= 4 is 28.7 Å². The third-order valence-electron chi connectivity index (χ3n) is 3.49. The number of aryl methyl sites for hydroxylation is 1. The fourth-order valence-electron chi connectivity index (χ4n) is 2.48. The zero-order chi connectivity index (χ0) is 16.6. The Hall–Kier alpha value is -3.42. The molecule has 3 N–H and O–H groups in total. The highest BCUT2D eigenvalue weighted by molar-refractivity contribution is 5.93. The van der Waals surface area contributed by atoms with Gasteiger partial charge in [0, 0.05) is 22.2 Å². The van der Waals surface area contributed by atoms with Crippen LogP contribution in [0.5, 0.6) is 0 Å². The second-order valence-electron chi connectivity index (χ2n) is 4.97. The van der Waals surface area contributed by atoms with Gasteiger partial charge in [-0.25, -0.2) is 4.79 Å². The number of para-hydroxylation sites is 1. The second-order valence-corrected chi connectivity index (χ2v) is 4.97. The van der Waals surface area contributed by atoms with Gasteiger partial charge in [-0.2, -0.15) is 0 Å². The van der Waals surface area contributed by atoms with Gasteiger partial charge in [-0.3, -0.25) is 19.9 Å². The van der Waals surface area contributed by atoms with Crippen LogP contribution in [0.2, 0.25) is 0 Å². The maximum Gasteiger partial charge on any atom is 0.357 e. The van der Waals surface area contributed by atoms with Crippen LogP contribution in [0.25, 0.3) is 23.1 Å². The molecule has 3 aromatic rings. The Morgan fingerprint density at radius 3 is 2.57 bits per heavy atom. The molecule has 0 fully saturated rings. The first kappa shape index (κ1) is 14.5. The number of aromatic nitrogens is 3. The van der Waals surface area contributed by atoms with Gasteiger partial charge in [-0.1, -0.05) is 24.3 Å². The lowest BCUT2D eigenvalue weighted by molar-refractivity contribution is -0.386. The molecule has 0 saturated carbocycles. The molecule has 0 bridgehead atoms. The number of nitrogens with one attached hydrogen (secondary N) is 3. The fraction of sp³-hybridized carbons (Fsp3) is 0.0667. The minimum absolute atomic E-state index is 0.145. The lowest BCUT2D eigenvalue weighted by atomic mass is 10.1. The number of fused-ring (bicyclic) bond motifs is 1. The molecule has 0 aliphatic rings. The molecule has 2 heterocycles. The maximum absolute atomic E-state index is 11.6. The highest BCUT2D eigenvalue weighted by Crippen LogP contribution is 2.24. The Balaban J connectivity index is 2.17. The minimum Gasteiger partial charge on any atom is -0.358 e. The molecule has 0 spiro atoms. The van der Waals surface area contributed by atoms with Gasteiger partial charge >= 0.3 is 16.9 Å². The number of hydrogen-bond donors (Lipinski definition) is 3. The van der Waals surface area contributed by atoms with Gasteiger partial charge in [-0.15, -0.1) is 0 Å². The Labute approximate surface area is 128 Å². The van der Waals surface area contributed by atoms with Crippen LogP contribution in [0.4, 0.5) is 5.69 Å². The monoisotopic (exact) mass is 312 g/mol. The number of aromatic amines is 3. The maximum atomic E-state index is 11.6. The van der Waals surface area contributed by atoms with Gasteiger partial charge in [-0.05, 0) is 19.1 Å². The average Bonchev–Trinajstić information content (AvgIpc) is 2.79. The van der Waals surface area contributed by atoms with Crippen LogP contribution >= 0.6 is 0 Å². The van der Waals surface area contributed by atoms with Crippen molar-refractivity contribution in [2.75, 3.05) is 0 Å². The van der Waals surface area contributed by atoms with E-state index in [4.69, 9.17) is 0 Å². The average molecular weight is 312 g/mol. The predicted molar refractivity (Wildman–Crippen MR) is 86.3 cm³/mol. The van der Waals surface area contributed by atoms with Crippen LogP contribution < -0.4 is 11.2 Å². The first-order valence-electron chi connectivity index (χ1n) is 6.74. The lowest BCUT2D eigenvalue weighted by Gasteiger charge is -1.97. The van der Waals surface area contributed by atoms with Gasteiger partial charge in [0.05, 0.1) is 4.92 Å². The number of rotatable bonds is 3. The fourth-order valence-corrected chi connectivity index (χ4v) is 2.48. The van der Waals surface area contributed by atoms with E-state index in [-0.39, 0.29) is 5.69 Å². The van der Waals surface area contributed by atoms with Crippen LogP contribution in [0.1, 0.15) is 17.0 Å². The highest BCUT2D eigenvalue weighted by atomic mass is 16.6. The number of H-pyrrole nitrogens is 3. The van der Waals surface area contributed by atoms with Crippen molar-refractivity contribution in [2.45, 2.75) is 6.92 Å². The zero-order valence-electron chi connectivity index (χ0n) is 12.0. The minimum atomic E-state index is -1.03. The van der Waals surface area contributed by atoms with E-state index in [1.54, 1.807) is 6.08 Å². The van der Waals surface area contributed by atoms with E-state index in [2.05, 4.69) is 9.97 Å². The molecule has 0 saturated heterocycles. The van der Waals surface area contributed by atoms with Crippen LogP contribution in [0.3, 0.4) is 0 Å². The van der Waals surface area contributed by atoms with Gasteiger partial charge in [0.1, 0.15) is 5.69 Å². The Kier molecular flexibility index (Phi) is 3.41. The number of nitrogens with zero attached hydrogens (tertiary/aromatic N) is 1. The molecule has 116 valence electrons. The van der Waals surface area contributed by atoms with Crippen LogP contribution in [0, 0.1) is 17.0 Å². The van der Waals surface area contributed by atoms with Crippen molar-refractivity contribution in [1.29, 1.82) is 0 Å². The van der Waals surface area contributed by atoms with Gasteiger partial charge < -0.3 is 9.97 Å². The first-order valence-corrected chi connectivity index (χ1v) is 6.74. The number of nitro groups is 1. The molecule has 2 aromatic heterocycles. The summed E-state index contributed by atoms with van der Waals surface area (Å²) in [5, 5.41) is 12.0. The smallest absolute Gasteiger partial charge is 0.357 e. The topological polar surface area (TPSA) is 125 Å². The van der Waals surface area contributed by atoms with Crippen molar-refractivity contribution < 1.29 is 4.92 Å². The molecule has 3 rings (SSSR count). The third kappa shape index (κ3) is 2.57. The normalized spacial score (nSPS) is 11.3. The third-order valence-corrected chi connectivity index (χ3v) is 3.49. The van der Waals surface area contributed by atoms with E-state index in [9.17, 15) is 19.7 Å². The summed E-state index contributed by atoms with van der Waals surface area (Å²) in [6.45, 7) is 1.87. The molecule has 0 atom stereocenters. The predicted octanol–water partition coefficient (Wildman–Crippen LogP) is 1.93. The van der Waals surface area contributed by atoms with E-state index < -0.39 is 21.9 Å². The Bertz CT molecular complexity index is 1060. The molecule has 0 aliphatic carbocycles. The lowest BCUT2D eigenvalue weighted by Crippen LogP contribution is -2.25. The Morgan fingerprint density at radius 2 is 1.83 bits per heavy atom. The summed E-state index contributed by atoms with van der Waals surface area (Å²) in [7, 11) is 0. The summed E-state index contributed by atoms with van der Waals surface area (Å²) in [5.74, 6) is 0. The first-order chi connectivity index (χ1) is 11.0. The van der Waals surface area contributed by atoms with Crippen LogP contribution in [0.15, 0.2) is 33.9 Å². The highest BCUT2D eigenvalue weighted by Gasteiger charge is 2.19. The van der Waals surface area contributed by atoms with E-state index in [0.717, 1.165) is 22.2 Å². The molecule has 0 amide bonds. The summed E-state index contributed by atoms with van der Waals surface area (Å²) >= 11 is 0. The summed E-state index contributed by atoms with van der Waals surface area (Å²) in [6.07, 6.45) is 2.99. The van der Waals surface area contributed by atoms with Gasteiger partial charge in [0.25, 0.3) is 0 Å². The van der Waals surface area contributed by atoms with Crippen molar-refractivity contribution in [3.63, 3.8) is 0 Å². The number of hydrogen-bond acceptors (Lipinski definition) is 4. The van der Waals surface area contributed by atoms with Crippen LogP contribution in [-0.4, -0.2) is 19.9 Å². The molecule has 1 aromatic carbocycles. The Morgan fingerprint density at radius 1 is 1.09 bits per heavy atom. The molecular formula is C15H12N4O4. The summed E-state index contributed by atoms with van der Waals surface area (Å²) in [5.41, 5.74) is -0.0383. The van der Waals surface area contributed by atoms with Crippen molar-refractivity contribution in [3.8, 4) is 0 Å². The quantitative estimate of drug-likeness (QED) is 0.504. The largest absolute Gasteiger partial charge is 0.358 e. The van der Waals surface area contributed by atoms with E-state index in [1.807, 2.05) is 36.2 Å². The molecular weight excluding hydrogens is 300 g/mol. The molecule has 23 heavy (non-hydrogen) atoms. The summed E-state index contributed by atoms with van der Waals surface area (Å²) in [6, 6.07) is 7.60. The molecule has 8 nitrogen and oxygen atoms in total. The summed E-state index contributed by atoms with van der Waals surface area (Å²) in [4.78, 5) is 40.5. The standard InChI is InChI=1S/C15H12N4O4/c1-8-9(10-4-2-3-5-11(10)16-8)6-7-12-13(19(22)23)14(20)18-15(21)17-12/h2-7,16H,1H3,(H2,17,18,20,21)/b7-6+.